The number of nitrogens with one attached hydrogen (secondary N) is 1. The molecule has 0 saturated carbocycles. The number of hydrogen-bond donors (Lipinski definition) is 3. The lowest BCUT2D eigenvalue weighted by atomic mass is 9.94. The first-order valence-electron chi connectivity index (χ1n) is 15.2. The van der Waals surface area contributed by atoms with Crippen molar-refractivity contribution in [3.63, 3.8) is 0 Å². The minimum absolute atomic E-state index is 0.00515. The van der Waals surface area contributed by atoms with Crippen molar-refractivity contribution in [1.29, 1.82) is 0 Å². The number of nitrogens with zero attached hydrogens (tertiary/aromatic N) is 1. The van der Waals surface area contributed by atoms with Gasteiger partial charge in [-0.25, -0.2) is 0 Å². The van der Waals surface area contributed by atoms with Crippen molar-refractivity contribution in [2.24, 2.45) is 5.92 Å². The smallest absolute Gasteiger partial charge is 0.249 e. The summed E-state index contributed by atoms with van der Waals surface area (Å²) >= 11 is 0. The average Bonchev–Trinajstić information content (AvgIpc) is 3.26. The number of unbranched alkanes of at least 4 members (excludes halogenated alkanes) is 1. The summed E-state index contributed by atoms with van der Waals surface area (Å²) < 4.78 is 27.1. The van der Waals surface area contributed by atoms with Crippen LogP contribution in [0.25, 0.3) is 0 Å². The fourth-order valence-corrected chi connectivity index (χ4v) is 9.21. The zero-order valence-electron chi connectivity index (χ0n) is 24.9. The average molecular weight is 587 g/mol. The number of benzene rings is 2. The second-order valence-corrected chi connectivity index (χ2v) is 15.7. The van der Waals surface area contributed by atoms with E-state index in [1.54, 1.807) is 18.0 Å². The summed E-state index contributed by atoms with van der Waals surface area (Å²) in [6.07, 6.45) is 3.89. The number of aryl methyl sites for hydroxylation is 1. The van der Waals surface area contributed by atoms with E-state index in [9.17, 15) is 9.90 Å². The van der Waals surface area contributed by atoms with Crippen LogP contribution in [-0.2, 0) is 22.4 Å². The molecule has 0 spiro atoms. The van der Waals surface area contributed by atoms with E-state index in [1.807, 2.05) is 37.3 Å². The lowest BCUT2D eigenvalue weighted by Gasteiger charge is -2.35. The zero-order chi connectivity index (χ0) is 29.6. The van der Waals surface area contributed by atoms with Crippen molar-refractivity contribution in [1.82, 2.24) is 5.32 Å². The van der Waals surface area contributed by atoms with Crippen LogP contribution in [0.1, 0.15) is 50.7 Å². The second kappa shape index (κ2) is 14.2. The van der Waals surface area contributed by atoms with Gasteiger partial charge < -0.3 is 29.1 Å². The van der Waals surface area contributed by atoms with Gasteiger partial charge in [-0.3, -0.25) is 9.69 Å². The van der Waals surface area contributed by atoms with Crippen molar-refractivity contribution in [2.45, 2.75) is 89.3 Å². The highest BCUT2D eigenvalue weighted by molar-refractivity contribution is 6.72. The molecule has 1 saturated heterocycles. The van der Waals surface area contributed by atoms with Crippen LogP contribution in [0, 0.1) is 5.92 Å². The molecule has 0 aliphatic carbocycles. The number of aliphatic hydroxyl groups is 2. The summed E-state index contributed by atoms with van der Waals surface area (Å²) in [7, 11) is -2.92. The van der Waals surface area contributed by atoms with Gasteiger partial charge in [-0.2, -0.15) is 0 Å². The molecule has 2 aliphatic heterocycles. The maximum atomic E-state index is 15.1. The van der Waals surface area contributed by atoms with Crippen molar-refractivity contribution in [3.8, 4) is 5.75 Å². The Bertz CT molecular complexity index is 1140. The van der Waals surface area contributed by atoms with E-state index < -0.39 is 8.41 Å². The fourth-order valence-electron chi connectivity index (χ4n) is 6.62. The summed E-state index contributed by atoms with van der Waals surface area (Å²) in [5.74, 6) is 0.912. The molecule has 9 heteroatoms. The van der Waals surface area contributed by atoms with E-state index in [4.69, 9.17) is 14.6 Å². The first-order chi connectivity index (χ1) is 19.7. The normalized spacial score (nSPS) is 24.5. The molecule has 2 aromatic carbocycles. The van der Waals surface area contributed by atoms with Crippen LogP contribution in [0.3, 0.4) is 0 Å². The van der Waals surface area contributed by atoms with Crippen LogP contribution < -0.4 is 15.0 Å². The van der Waals surface area contributed by atoms with Gasteiger partial charge in [0.05, 0.1) is 30.5 Å². The molecule has 1 amide bonds. The van der Waals surface area contributed by atoms with Gasteiger partial charge >= 0.3 is 0 Å². The number of aliphatic hydroxyl groups excluding tert-OH is 2. The van der Waals surface area contributed by atoms with Gasteiger partial charge in [-0.1, -0.05) is 19.1 Å². The lowest BCUT2D eigenvalue weighted by Crippen LogP contribution is -2.49. The monoisotopic (exact) mass is 586 g/mol. The van der Waals surface area contributed by atoms with Crippen LogP contribution in [0.4, 0.5) is 15.5 Å². The largest absolute Gasteiger partial charge is 0.494 e. The molecule has 7 nitrogen and oxygen atoms in total. The van der Waals surface area contributed by atoms with E-state index in [0.717, 1.165) is 47.5 Å². The molecule has 0 aromatic heterocycles. The molecule has 2 aromatic rings. The van der Waals surface area contributed by atoms with Gasteiger partial charge in [0, 0.05) is 24.4 Å². The molecule has 41 heavy (non-hydrogen) atoms. The highest BCUT2D eigenvalue weighted by Gasteiger charge is 2.50. The van der Waals surface area contributed by atoms with Crippen LogP contribution in [0.15, 0.2) is 42.5 Å². The molecule has 1 unspecified atom stereocenters. The summed E-state index contributed by atoms with van der Waals surface area (Å²) in [6.45, 7) is 8.93. The number of carbonyl (C=O) groups excluding carboxylic acids is 1. The SMILES string of the molecule is CCOc1ccc2c(c1)CC(NCCCCO)C(=O)N2c1ccc(CC[C@H]2O[C@@H](CCO)[C@H]([Si](C)(C)F)[C@H]2C)cc1. The molecular formula is C32H47FN2O5Si. The van der Waals surface area contributed by atoms with E-state index in [2.05, 4.69) is 24.4 Å². The van der Waals surface area contributed by atoms with Gasteiger partial charge in [-0.15, -0.1) is 0 Å². The van der Waals surface area contributed by atoms with Crippen LogP contribution in [0.5, 0.6) is 5.75 Å². The molecule has 226 valence electrons. The Kier molecular flexibility index (Phi) is 11.0. The number of hydrogen-bond acceptors (Lipinski definition) is 6. The predicted octanol–water partition coefficient (Wildman–Crippen LogP) is 5.30. The topological polar surface area (TPSA) is 91.3 Å². The first kappa shape index (κ1) is 31.6. The Morgan fingerprint density at radius 3 is 2.49 bits per heavy atom. The third-order valence-electron chi connectivity index (χ3n) is 8.54. The minimum Gasteiger partial charge on any atom is -0.494 e. The summed E-state index contributed by atoms with van der Waals surface area (Å²) in [5.41, 5.74) is 3.76. The molecule has 0 bridgehead atoms. The number of halogens is 1. The van der Waals surface area contributed by atoms with Crippen molar-refractivity contribution in [2.75, 3.05) is 31.3 Å². The summed E-state index contributed by atoms with van der Waals surface area (Å²) in [5, 5.41) is 22.0. The second-order valence-electron chi connectivity index (χ2n) is 11.9. The Labute approximate surface area is 245 Å². The molecule has 3 N–H and O–H groups in total. The van der Waals surface area contributed by atoms with Crippen molar-refractivity contribution >= 4 is 25.7 Å². The van der Waals surface area contributed by atoms with E-state index >= 15 is 4.11 Å². The molecule has 5 atom stereocenters. The number of carbonyl (C=O) groups is 1. The van der Waals surface area contributed by atoms with Gasteiger partial charge in [0.15, 0.2) is 0 Å². The van der Waals surface area contributed by atoms with E-state index in [0.29, 0.717) is 32.4 Å². The van der Waals surface area contributed by atoms with E-state index in [1.165, 1.54) is 0 Å². The third-order valence-corrected chi connectivity index (χ3v) is 11.0. The van der Waals surface area contributed by atoms with Gasteiger partial charge in [0.25, 0.3) is 0 Å². The summed E-state index contributed by atoms with van der Waals surface area (Å²) in [4.78, 5) is 15.5. The van der Waals surface area contributed by atoms with Gasteiger partial charge in [-0.05, 0) is 112 Å². The number of ether oxygens (including phenoxy) is 2. The third kappa shape index (κ3) is 7.56. The Morgan fingerprint density at radius 2 is 1.83 bits per heavy atom. The number of anilines is 2. The first-order valence-corrected chi connectivity index (χ1v) is 18.1. The number of amides is 1. The molecule has 1 fully saturated rings. The lowest BCUT2D eigenvalue weighted by molar-refractivity contribution is -0.120. The molecule has 0 radical (unpaired) electrons. The zero-order valence-corrected chi connectivity index (χ0v) is 25.9. The fraction of sp³-hybridized carbons (Fsp3) is 0.594. The van der Waals surface area contributed by atoms with Gasteiger partial charge in [0.1, 0.15) is 5.75 Å². The predicted molar refractivity (Wildman–Crippen MR) is 163 cm³/mol. The van der Waals surface area contributed by atoms with Crippen LogP contribution in [-0.4, -0.2) is 69.1 Å². The highest BCUT2D eigenvalue weighted by atomic mass is 28.4. The minimum atomic E-state index is -2.92. The molecule has 4 rings (SSSR count). The maximum absolute atomic E-state index is 15.1. The van der Waals surface area contributed by atoms with Crippen molar-refractivity contribution < 1.29 is 28.6 Å². The molecular weight excluding hydrogens is 539 g/mol. The standard InChI is InChI=1S/C32H47FN2O5Si/c1-5-39-26-13-14-28-24(20-26)21-27(34-17-6-7-18-36)32(38)35(28)25-11-8-23(9-12-25)10-15-29-22(2)31(41(3,4)33)30(40-29)16-19-37/h8-9,11-14,20,22,27,29-31,34,36-37H,5-7,10,15-19,21H2,1-4H3/t22-,27?,29+,30-,31+/m0/s1. The Morgan fingerprint density at radius 1 is 1.07 bits per heavy atom. The molecule has 2 aliphatic rings. The van der Waals surface area contributed by atoms with E-state index in [-0.39, 0.29) is 48.8 Å². The van der Waals surface area contributed by atoms with Gasteiger partial charge in [0.2, 0.25) is 14.3 Å². The number of rotatable bonds is 14. The number of fused-ring (bicyclic) bond motifs is 1. The quantitative estimate of drug-likeness (QED) is 0.158. The van der Waals surface area contributed by atoms with Crippen LogP contribution in [0.2, 0.25) is 18.6 Å². The molecule has 2 heterocycles. The Balaban J connectivity index is 1.48. The van der Waals surface area contributed by atoms with Crippen LogP contribution >= 0.6 is 0 Å². The highest BCUT2D eigenvalue weighted by Crippen LogP contribution is 2.46. The Hall–Kier alpha value is -2.30. The summed E-state index contributed by atoms with van der Waals surface area (Å²) in [6, 6.07) is 13.6. The van der Waals surface area contributed by atoms with Crippen molar-refractivity contribution in [3.05, 3.63) is 53.6 Å². The maximum Gasteiger partial charge on any atom is 0.249 e.